The molecule has 6 aromatic rings. The first-order valence-electron chi connectivity index (χ1n) is 17.9. The van der Waals surface area contributed by atoms with Crippen molar-refractivity contribution in [3.8, 4) is 11.1 Å². The molecule has 0 radical (unpaired) electrons. The van der Waals surface area contributed by atoms with Gasteiger partial charge in [-0.1, -0.05) is 109 Å². The molecule has 0 spiro atoms. The van der Waals surface area contributed by atoms with Crippen molar-refractivity contribution in [1.82, 2.24) is 0 Å². The fraction of sp³-hybridized carbons (Fsp3) is 0.217. The molecule has 0 N–H and O–H groups in total. The number of nitrogens with zero attached hydrogens (tertiary/aromatic N) is 2. The van der Waals surface area contributed by atoms with Gasteiger partial charge in [-0.3, -0.25) is 0 Å². The quantitative estimate of drug-likeness (QED) is 0.182. The molecule has 4 bridgehead atoms. The van der Waals surface area contributed by atoms with E-state index in [1.54, 1.807) is 0 Å². The van der Waals surface area contributed by atoms with Gasteiger partial charge in [-0.25, -0.2) is 0 Å². The molecule has 11 rings (SSSR count). The Bertz CT molecular complexity index is 1980. The first kappa shape index (κ1) is 28.0. The van der Waals surface area contributed by atoms with Crippen LogP contribution in [0.25, 0.3) is 11.1 Å². The molecule has 2 aliphatic heterocycles. The molecule has 2 saturated heterocycles. The summed E-state index contributed by atoms with van der Waals surface area (Å²) < 4.78 is 0. The third-order valence-electron chi connectivity index (χ3n) is 12.0. The Balaban J connectivity index is 1.22. The molecular formula is C46H40N2. The predicted octanol–water partition coefficient (Wildman–Crippen LogP) is 11.3. The van der Waals surface area contributed by atoms with E-state index >= 15 is 0 Å². The van der Waals surface area contributed by atoms with Gasteiger partial charge >= 0.3 is 0 Å². The molecule has 6 aromatic carbocycles. The summed E-state index contributed by atoms with van der Waals surface area (Å²) in [4.78, 5) is 5.25. The second-order valence-corrected chi connectivity index (χ2v) is 14.6. The zero-order valence-corrected chi connectivity index (χ0v) is 27.3. The van der Waals surface area contributed by atoms with Crippen LogP contribution in [0.15, 0.2) is 158 Å². The normalized spacial score (nSPS) is 22.7. The van der Waals surface area contributed by atoms with Gasteiger partial charge in [-0.05, 0) is 126 Å². The lowest BCUT2D eigenvalue weighted by molar-refractivity contribution is 0.0900. The van der Waals surface area contributed by atoms with E-state index in [-0.39, 0.29) is 0 Å². The minimum Gasteiger partial charge on any atom is -0.366 e. The molecule has 234 valence electrons. The maximum absolute atomic E-state index is 2.86. The van der Waals surface area contributed by atoms with Crippen molar-refractivity contribution in [2.75, 3.05) is 9.80 Å². The van der Waals surface area contributed by atoms with E-state index in [1.807, 2.05) is 0 Å². The van der Waals surface area contributed by atoms with Crippen LogP contribution < -0.4 is 9.80 Å². The van der Waals surface area contributed by atoms with Crippen LogP contribution in [0.1, 0.15) is 54.4 Å². The van der Waals surface area contributed by atoms with Gasteiger partial charge in [0.05, 0.1) is 5.41 Å². The average Bonchev–Trinajstić information content (AvgIpc) is 3.43. The molecule has 0 unspecified atom stereocenters. The SMILES string of the molecule is c1ccc(N(c2ccccc2)c2ccc3c(c2)C(c2ccccc2)(c2ccccc2)c2cc(N4C5CC6CC(C5)CC4C6)ccc2-3)cc1. The third-order valence-corrected chi connectivity index (χ3v) is 12.0. The first-order valence-corrected chi connectivity index (χ1v) is 17.9. The van der Waals surface area contributed by atoms with Crippen molar-refractivity contribution < 1.29 is 0 Å². The summed E-state index contributed by atoms with van der Waals surface area (Å²) in [6.07, 6.45) is 6.93. The highest BCUT2D eigenvalue weighted by atomic mass is 15.2. The Hall–Kier alpha value is -5.08. The molecule has 5 aliphatic rings. The predicted molar refractivity (Wildman–Crippen MR) is 199 cm³/mol. The van der Waals surface area contributed by atoms with Gasteiger partial charge in [0, 0.05) is 34.8 Å². The standard InChI is InChI=1S/C46H40N2/c1-5-13-34(14-6-1)46(35-15-7-2-8-16-35)44-30-38(47(36-17-9-3-10-18-36)37-19-11-4-12-20-37)21-23-42(44)43-24-22-39(31-45(43)46)48-40-26-32-25-33(28-40)29-41(48)27-32/h1-24,30-33,40-41H,25-29H2. The van der Waals surface area contributed by atoms with Crippen molar-refractivity contribution in [2.45, 2.75) is 49.6 Å². The Labute approximate surface area is 284 Å². The second-order valence-electron chi connectivity index (χ2n) is 14.6. The zero-order valence-electron chi connectivity index (χ0n) is 27.3. The van der Waals surface area contributed by atoms with Crippen molar-refractivity contribution in [2.24, 2.45) is 11.8 Å². The molecular weight excluding hydrogens is 581 g/mol. The fourth-order valence-electron chi connectivity index (χ4n) is 10.3. The minimum atomic E-state index is -0.453. The monoisotopic (exact) mass is 620 g/mol. The molecule has 0 atom stereocenters. The van der Waals surface area contributed by atoms with Crippen molar-refractivity contribution in [1.29, 1.82) is 0 Å². The van der Waals surface area contributed by atoms with E-state index in [0.717, 1.165) is 23.2 Å². The number of anilines is 4. The maximum Gasteiger partial charge on any atom is 0.0715 e. The lowest BCUT2D eigenvalue weighted by Crippen LogP contribution is -2.58. The van der Waals surface area contributed by atoms with E-state index in [9.17, 15) is 0 Å². The highest BCUT2D eigenvalue weighted by molar-refractivity contribution is 5.90. The smallest absolute Gasteiger partial charge is 0.0715 e. The Morgan fingerprint density at radius 1 is 0.438 bits per heavy atom. The third kappa shape index (κ3) is 4.18. The lowest BCUT2D eigenvalue weighted by atomic mass is 9.63. The van der Waals surface area contributed by atoms with Crippen LogP contribution in [0.2, 0.25) is 0 Å². The van der Waals surface area contributed by atoms with Crippen LogP contribution in [0.3, 0.4) is 0 Å². The van der Waals surface area contributed by atoms with Gasteiger partial charge in [0.15, 0.2) is 0 Å². The van der Waals surface area contributed by atoms with Crippen LogP contribution in [0.5, 0.6) is 0 Å². The van der Waals surface area contributed by atoms with Gasteiger partial charge in [0.2, 0.25) is 0 Å². The maximum atomic E-state index is 2.86. The first-order chi connectivity index (χ1) is 23.8. The molecule has 4 fully saturated rings. The summed E-state index contributed by atoms with van der Waals surface area (Å²) in [6.45, 7) is 0. The topological polar surface area (TPSA) is 6.48 Å². The Kier molecular flexibility index (Phi) is 6.41. The van der Waals surface area contributed by atoms with Crippen molar-refractivity contribution in [3.05, 3.63) is 180 Å². The molecule has 2 saturated carbocycles. The van der Waals surface area contributed by atoms with Gasteiger partial charge in [-0.15, -0.1) is 0 Å². The van der Waals surface area contributed by atoms with Crippen LogP contribution in [-0.2, 0) is 5.41 Å². The molecule has 2 nitrogen and oxygen atoms in total. The van der Waals surface area contributed by atoms with Crippen LogP contribution in [-0.4, -0.2) is 12.1 Å². The summed E-state index contributed by atoms with van der Waals surface area (Å²) >= 11 is 0. The van der Waals surface area contributed by atoms with Crippen LogP contribution >= 0.6 is 0 Å². The largest absolute Gasteiger partial charge is 0.366 e. The van der Waals surface area contributed by atoms with Crippen molar-refractivity contribution in [3.63, 3.8) is 0 Å². The van der Waals surface area contributed by atoms with E-state index in [0.29, 0.717) is 12.1 Å². The van der Waals surface area contributed by atoms with Gasteiger partial charge in [0.25, 0.3) is 0 Å². The van der Waals surface area contributed by atoms with E-state index in [1.165, 1.54) is 76.9 Å². The number of benzene rings is 6. The lowest BCUT2D eigenvalue weighted by Gasteiger charge is -2.57. The number of para-hydroxylation sites is 2. The van der Waals surface area contributed by atoms with Gasteiger partial charge in [-0.2, -0.15) is 0 Å². The van der Waals surface area contributed by atoms with E-state index < -0.39 is 5.41 Å². The summed E-state index contributed by atoms with van der Waals surface area (Å²) in [5, 5.41) is 0. The number of rotatable bonds is 6. The van der Waals surface area contributed by atoms with Gasteiger partial charge in [0.1, 0.15) is 0 Å². The molecule has 0 aromatic heterocycles. The summed E-state index contributed by atoms with van der Waals surface area (Å²) in [5.74, 6) is 1.87. The van der Waals surface area contributed by atoms with E-state index in [2.05, 4.69) is 168 Å². The minimum absolute atomic E-state index is 0.453. The summed E-state index contributed by atoms with van der Waals surface area (Å²) in [7, 11) is 0. The molecule has 2 heterocycles. The average molecular weight is 621 g/mol. The number of piperidine rings is 2. The highest BCUT2D eigenvalue weighted by Gasteiger charge is 2.49. The van der Waals surface area contributed by atoms with Crippen LogP contribution in [0, 0.1) is 11.8 Å². The van der Waals surface area contributed by atoms with E-state index in [4.69, 9.17) is 0 Å². The zero-order chi connectivity index (χ0) is 31.7. The molecule has 0 amide bonds. The van der Waals surface area contributed by atoms with Crippen LogP contribution in [0.4, 0.5) is 22.7 Å². The fourth-order valence-corrected chi connectivity index (χ4v) is 10.3. The Morgan fingerprint density at radius 3 is 1.42 bits per heavy atom. The summed E-state index contributed by atoms with van der Waals surface area (Å²) in [5.41, 5.74) is 12.5. The van der Waals surface area contributed by atoms with Crippen molar-refractivity contribution >= 4 is 22.7 Å². The molecule has 2 heteroatoms. The summed E-state index contributed by atoms with van der Waals surface area (Å²) in [6, 6.07) is 60.2. The number of hydrogen-bond acceptors (Lipinski definition) is 2. The molecule has 48 heavy (non-hydrogen) atoms. The molecule has 3 aliphatic carbocycles. The Morgan fingerprint density at radius 2 is 0.896 bits per heavy atom. The second kappa shape index (κ2) is 11.0. The highest BCUT2D eigenvalue weighted by Crippen LogP contribution is 2.59. The number of fused-ring (bicyclic) bond motifs is 3. The van der Waals surface area contributed by atoms with Gasteiger partial charge < -0.3 is 9.80 Å². The number of hydrogen-bond donors (Lipinski definition) is 0.